The second-order valence-corrected chi connectivity index (χ2v) is 7.91. The van der Waals surface area contributed by atoms with E-state index < -0.39 is 5.54 Å². The molecular formula is C21H26N4O3. The highest BCUT2D eigenvalue weighted by molar-refractivity contribution is 6.06. The fraction of sp³-hybridized carbons (Fsp3) is 0.429. The molecule has 1 aromatic heterocycles. The van der Waals surface area contributed by atoms with E-state index in [-0.39, 0.29) is 11.9 Å². The molecule has 1 saturated heterocycles. The summed E-state index contributed by atoms with van der Waals surface area (Å²) in [6.07, 6.45) is 5.22. The first-order valence-electron chi connectivity index (χ1n) is 9.60. The number of hydrogen-bond donors (Lipinski definition) is 2. The molecule has 2 aromatic rings. The van der Waals surface area contributed by atoms with E-state index >= 15 is 0 Å². The number of nitrogens with one attached hydrogen (secondary N) is 2. The number of hydrogen-bond acceptors (Lipinski definition) is 4. The summed E-state index contributed by atoms with van der Waals surface area (Å²) in [4.78, 5) is 31.2. The summed E-state index contributed by atoms with van der Waals surface area (Å²) in [5.41, 5.74) is 2.82. The van der Waals surface area contributed by atoms with E-state index in [0.29, 0.717) is 13.1 Å². The van der Waals surface area contributed by atoms with Gasteiger partial charge in [-0.05, 0) is 44.0 Å². The van der Waals surface area contributed by atoms with E-state index in [0.717, 1.165) is 30.8 Å². The minimum absolute atomic E-state index is 0.154. The van der Waals surface area contributed by atoms with Crippen LogP contribution in [0, 0.1) is 0 Å². The topological polar surface area (TPSA) is 77.7 Å². The third-order valence-corrected chi connectivity index (χ3v) is 5.61. The number of ether oxygens (including phenoxy) is 1. The molecule has 2 N–H and O–H groups in total. The van der Waals surface area contributed by atoms with Gasteiger partial charge in [0.05, 0.1) is 7.11 Å². The second kappa shape index (κ2) is 6.98. The second-order valence-electron chi connectivity index (χ2n) is 7.91. The number of nitrogens with zero attached hydrogens (tertiary/aromatic N) is 2. The number of urea groups is 1. The molecule has 0 atom stereocenters. The van der Waals surface area contributed by atoms with Gasteiger partial charge >= 0.3 is 6.03 Å². The van der Waals surface area contributed by atoms with Crippen molar-refractivity contribution in [3.63, 3.8) is 0 Å². The highest BCUT2D eigenvalue weighted by Gasteiger charge is 2.43. The quantitative estimate of drug-likeness (QED) is 0.780. The Kier molecular flexibility index (Phi) is 4.63. The van der Waals surface area contributed by atoms with E-state index in [1.807, 2.05) is 12.1 Å². The van der Waals surface area contributed by atoms with Crippen LogP contribution in [-0.2, 0) is 4.79 Å². The minimum Gasteiger partial charge on any atom is -0.497 e. The number of H-pyrrole nitrogens is 1. The first-order valence-corrected chi connectivity index (χ1v) is 9.60. The maximum Gasteiger partial charge on any atom is 0.325 e. The Bertz CT molecular complexity index is 960. The summed E-state index contributed by atoms with van der Waals surface area (Å²) in [5.74, 6) is 0.696. The third-order valence-electron chi connectivity index (χ3n) is 5.61. The van der Waals surface area contributed by atoms with Gasteiger partial charge in [-0.15, -0.1) is 0 Å². The smallest absolute Gasteiger partial charge is 0.325 e. The third kappa shape index (κ3) is 3.26. The highest BCUT2D eigenvalue weighted by atomic mass is 16.5. The first-order chi connectivity index (χ1) is 13.4. The summed E-state index contributed by atoms with van der Waals surface area (Å²) < 4.78 is 5.36. The number of fused-ring (bicyclic) bond motifs is 1. The number of rotatable bonds is 5. The molecule has 148 valence electrons. The van der Waals surface area contributed by atoms with Crippen LogP contribution in [0.4, 0.5) is 4.79 Å². The summed E-state index contributed by atoms with van der Waals surface area (Å²) >= 11 is 0. The van der Waals surface area contributed by atoms with Crippen LogP contribution in [0.1, 0.15) is 25.8 Å². The van der Waals surface area contributed by atoms with Gasteiger partial charge in [0, 0.05) is 48.8 Å². The Balaban J connectivity index is 1.41. The van der Waals surface area contributed by atoms with Gasteiger partial charge in [-0.3, -0.25) is 14.6 Å². The number of aromatic nitrogens is 1. The lowest BCUT2D eigenvalue weighted by atomic mass is 9.99. The molecule has 2 aliphatic rings. The van der Waals surface area contributed by atoms with Gasteiger partial charge in [-0.25, -0.2) is 4.79 Å². The van der Waals surface area contributed by atoms with Crippen molar-refractivity contribution in [2.24, 2.45) is 0 Å². The SMILES string of the molecule is COc1ccc2[nH]cc(C3=CCN(CCN4C(=O)NC(C)(C)C4=O)CC3)c2c1. The molecule has 0 radical (unpaired) electrons. The standard InChI is InChI=1S/C21H26N4O3/c1-21(2)19(26)25(20(27)23-21)11-10-24-8-6-14(7-9-24)17-13-22-18-5-4-15(28-3)12-16(17)18/h4-6,12-13,22H,7-11H2,1-3H3,(H,23,27). The van der Waals surface area contributed by atoms with Crippen LogP contribution < -0.4 is 10.1 Å². The molecule has 0 spiro atoms. The van der Waals surface area contributed by atoms with Crippen molar-refractivity contribution in [1.82, 2.24) is 20.1 Å². The van der Waals surface area contributed by atoms with Gasteiger partial charge in [0.25, 0.3) is 5.91 Å². The van der Waals surface area contributed by atoms with Gasteiger partial charge in [-0.1, -0.05) is 6.08 Å². The van der Waals surface area contributed by atoms with Crippen LogP contribution in [0.15, 0.2) is 30.5 Å². The Hall–Kier alpha value is -2.80. The zero-order valence-electron chi connectivity index (χ0n) is 16.5. The molecule has 28 heavy (non-hydrogen) atoms. The summed E-state index contributed by atoms with van der Waals surface area (Å²) in [6.45, 7) is 6.27. The molecule has 1 aromatic carbocycles. The number of methoxy groups -OCH3 is 1. The first kappa shape index (κ1) is 18.6. The Morgan fingerprint density at radius 1 is 1.21 bits per heavy atom. The van der Waals surface area contributed by atoms with E-state index in [1.165, 1.54) is 21.4 Å². The number of aromatic amines is 1. The molecule has 7 heteroatoms. The molecule has 0 unspecified atom stereocenters. The molecule has 2 aliphatic heterocycles. The van der Waals surface area contributed by atoms with Crippen LogP contribution in [0.3, 0.4) is 0 Å². The Morgan fingerprint density at radius 3 is 2.68 bits per heavy atom. The molecular weight excluding hydrogens is 356 g/mol. The predicted octanol–water partition coefficient (Wildman–Crippen LogP) is 2.60. The minimum atomic E-state index is -0.803. The predicted molar refractivity (Wildman–Crippen MR) is 108 cm³/mol. The van der Waals surface area contributed by atoms with Gasteiger partial charge in [0.15, 0.2) is 0 Å². The lowest BCUT2D eigenvalue weighted by molar-refractivity contribution is -0.130. The highest BCUT2D eigenvalue weighted by Crippen LogP contribution is 2.31. The molecule has 0 saturated carbocycles. The van der Waals surface area contributed by atoms with Gasteiger partial charge in [-0.2, -0.15) is 0 Å². The average Bonchev–Trinajstić information content (AvgIpc) is 3.18. The fourth-order valence-electron chi connectivity index (χ4n) is 3.91. The monoisotopic (exact) mass is 382 g/mol. The zero-order chi connectivity index (χ0) is 19.9. The van der Waals surface area contributed by atoms with E-state index in [1.54, 1.807) is 21.0 Å². The lowest BCUT2D eigenvalue weighted by Gasteiger charge is -2.27. The van der Waals surface area contributed by atoms with Crippen LogP contribution in [0.25, 0.3) is 16.5 Å². The Morgan fingerprint density at radius 2 is 2.04 bits per heavy atom. The van der Waals surface area contributed by atoms with Crippen LogP contribution in [-0.4, -0.2) is 65.5 Å². The molecule has 0 aliphatic carbocycles. The summed E-state index contributed by atoms with van der Waals surface area (Å²) in [6, 6.07) is 5.76. The molecule has 4 rings (SSSR count). The number of carbonyl (C=O) groups excluding carboxylic acids is 2. The molecule has 3 amide bonds. The van der Waals surface area contributed by atoms with Crippen LogP contribution in [0.5, 0.6) is 5.75 Å². The van der Waals surface area contributed by atoms with Crippen LogP contribution in [0.2, 0.25) is 0 Å². The molecule has 7 nitrogen and oxygen atoms in total. The van der Waals surface area contributed by atoms with Crippen molar-refractivity contribution in [2.45, 2.75) is 25.8 Å². The molecule has 3 heterocycles. The number of imide groups is 1. The fourth-order valence-corrected chi connectivity index (χ4v) is 3.91. The van der Waals surface area contributed by atoms with Crippen molar-refractivity contribution in [3.8, 4) is 5.75 Å². The lowest BCUT2D eigenvalue weighted by Crippen LogP contribution is -2.42. The van der Waals surface area contributed by atoms with E-state index in [4.69, 9.17) is 4.74 Å². The number of benzene rings is 1. The van der Waals surface area contributed by atoms with Crippen molar-refractivity contribution < 1.29 is 14.3 Å². The van der Waals surface area contributed by atoms with E-state index in [9.17, 15) is 9.59 Å². The van der Waals surface area contributed by atoms with Gasteiger partial charge in [0.2, 0.25) is 0 Å². The van der Waals surface area contributed by atoms with Crippen LogP contribution >= 0.6 is 0 Å². The average molecular weight is 382 g/mol. The molecule has 1 fully saturated rings. The normalized spacial score (nSPS) is 19.8. The van der Waals surface area contributed by atoms with Crippen molar-refractivity contribution in [1.29, 1.82) is 0 Å². The summed E-state index contributed by atoms with van der Waals surface area (Å²) in [5, 5.41) is 3.89. The summed E-state index contributed by atoms with van der Waals surface area (Å²) in [7, 11) is 1.68. The van der Waals surface area contributed by atoms with Gasteiger partial charge < -0.3 is 15.0 Å². The Labute approximate surface area is 164 Å². The van der Waals surface area contributed by atoms with Gasteiger partial charge in [0.1, 0.15) is 11.3 Å². The largest absolute Gasteiger partial charge is 0.497 e. The van der Waals surface area contributed by atoms with Crippen molar-refractivity contribution in [2.75, 3.05) is 33.3 Å². The maximum atomic E-state index is 12.3. The van der Waals surface area contributed by atoms with Crippen molar-refractivity contribution >= 4 is 28.4 Å². The maximum absolute atomic E-state index is 12.3. The van der Waals surface area contributed by atoms with Crippen molar-refractivity contribution in [3.05, 3.63) is 36.0 Å². The van der Waals surface area contributed by atoms with E-state index in [2.05, 4.69) is 33.5 Å². The number of carbonyl (C=O) groups is 2. The molecule has 0 bridgehead atoms. The number of amides is 3. The zero-order valence-corrected chi connectivity index (χ0v) is 16.5.